The molecule has 1 N–H and O–H groups in total. The van der Waals surface area contributed by atoms with Gasteiger partial charge in [0, 0.05) is 22.7 Å². The topological polar surface area (TPSA) is 59.8 Å². The highest BCUT2D eigenvalue weighted by Crippen LogP contribution is 2.41. The molecule has 2 heterocycles. The van der Waals surface area contributed by atoms with Gasteiger partial charge in [0.05, 0.1) is 0 Å². The Morgan fingerprint density at radius 2 is 2.23 bits per heavy atom. The zero-order valence-electron chi connectivity index (χ0n) is 12.1. The normalized spacial score (nSPS) is 23.8. The molecule has 1 aromatic heterocycles. The molecule has 1 aliphatic carbocycles. The number of nitrogens with zero attached hydrogens (tertiary/aromatic N) is 3. The van der Waals surface area contributed by atoms with Crippen LogP contribution in [0.4, 0.5) is 5.95 Å². The Morgan fingerprint density at radius 3 is 3.05 bits per heavy atom. The molecular formula is C16H15ClN4O. The number of carbonyl (C=O) groups excluding carboxylic acids is 1. The molecule has 22 heavy (non-hydrogen) atoms. The number of anilines is 1. The van der Waals surface area contributed by atoms with Gasteiger partial charge in [-0.2, -0.15) is 10.1 Å². The quantitative estimate of drug-likeness (QED) is 0.878. The van der Waals surface area contributed by atoms with Crippen LogP contribution in [0.2, 0.25) is 5.02 Å². The molecule has 0 spiro atoms. The summed E-state index contributed by atoms with van der Waals surface area (Å²) < 4.78 is 1.76. The van der Waals surface area contributed by atoms with Crippen LogP contribution in [0.15, 0.2) is 41.9 Å². The maximum atomic E-state index is 12.6. The van der Waals surface area contributed by atoms with Crippen LogP contribution in [0.3, 0.4) is 0 Å². The van der Waals surface area contributed by atoms with Crippen LogP contribution >= 0.6 is 11.6 Å². The number of benzene rings is 1. The van der Waals surface area contributed by atoms with Crippen LogP contribution in [0, 0.1) is 5.92 Å². The van der Waals surface area contributed by atoms with E-state index in [4.69, 9.17) is 11.6 Å². The third kappa shape index (κ3) is 2.04. The number of rotatable bonds is 1. The van der Waals surface area contributed by atoms with Crippen LogP contribution in [-0.4, -0.2) is 20.5 Å². The minimum Gasteiger partial charge on any atom is -0.328 e. The number of hydrogen-bond acceptors (Lipinski definition) is 4. The number of fused-ring (bicyclic) bond motifs is 1. The molecule has 1 aliphatic heterocycles. The van der Waals surface area contributed by atoms with E-state index >= 15 is 0 Å². The van der Waals surface area contributed by atoms with E-state index in [0.29, 0.717) is 23.3 Å². The lowest BCUT2D eigenvalue weighted by molar-refractivity contribution is -0.117. The lowest BCUT2D eigenvalue weighted by Gasteiger charge is -2.34. The maximum absolute atomic E-state index is 12.6. The van der Waals surface area contributed by atoms with E-state index in [2.05, 4.69) is 22.3 Å². The molecule has 4 rings (SSSR count). The summed E-state index contributed by atoms with van der Waals surface area (Å²) in [5, 5.41) is 8.22. The molecule has 2 aromatic rings. The SMILES string of the molecule is C[C@@H]1CC(=O)C2=C(C1)Nc1ncnn1[C@H]2c1cccc(Cl)c1. The van der Waals surface area contributed by atoms with Crippen molar-refractivity contribution < 1.29 is 4.79 Å². The molecule has 0 fully saturated rings. The molecule has 0 saturated carbocycles. The van der Waals surface area contributed by atoms with E-state index in [1.165, 1.54) is 6.33 Å². The van der Waals surface area contributed by atoms with Crippen molar-refractivity contribution in [2.75, 3.05) is 5.32 Å². The largest absolute Gasteiger partial charge is 0.328 e. The number of aromatic nitrogens is 3. The van der Waals surface area contributed by atoms with Crippen LogP contribution < -0.4 is 5.32 Å². The van der Waals surface area contributed by atoms with Crippen molar-refractivity contribution in [1.29, 1.82) is 0 Å². The summed E-state index contributed by atoms with van der Waals surface area (Å²) in [5.74, 6) is 1.19. The third-order valence-electron chi connectivity index (χ3n) is 4.23. The fourth-order valence-corrected chi connectivity index (χ4v) is 3.53. The van der Waals surface area contributed by atoms with Crippen molar-refractivity contribution in [3.8, 4) is 0 Å². The van der Waals surface area contributed by atoms with Crippen molar-refractivity contribution in [3.05, 3.63) is 52.4 Å². The molecule has 0 saturated heterocycles. The highest BCUT2D eigenvalue weighted by atomic mass is 35.5. The first kappa shape index (κ1) is 13.5. The van der Waals surface area contributed by atoms with Gasteiger partial charge in [-0.25, -0.2) is 4.68 Å². The van der Waals surface area contributed by atoms with E-state index in [0.717, 1.165) is 23.3 Å². The van der Waals surface area contributed by atoms with Crippen molar-refractivity contribution in [2.24, 2.45) is 5.92 Å². The zero-order valence-corrected chi connectivity index (χ0v) is 12.8. The van der Waals surface area contributed by atoms with Crippen molar-refractivity contribution >= 4 is 23.3 Å². The summed E-state index contributed by atoms with van der Waals surface area (Å²) in [6.07, 6.45) is 2.93. The van der Waals surface area contributed by atoms with Gasteiger partial charge in [0.2, 0.25) is 5.95 Å². The first-order chi connectivity index (χ1) is 10.6. The lowest BCUT2D eigenvalue weighted by atomic mass is 9.81. The number of carbonyl (C=O) groups is 1. The molecular weight excluding hydrogens is 300 g/mol. The Hall–Kier alpha value is -2.14. The molecule has 112 valence electrons. The number of nitrogens with one attached hydrogen (secondary N) is 1. The van der Waals surface area contributed by atoms with E-state index < -0.39 is 0 Å². The number of Topliss-reactive ketones (excluding diaryl/α,β-unsaturated/α-hetero) is 1. The second-order valence-corrected chi connectivity index (χ2v) is 6.38. The Bertz CT molecular complexity index is 795. The lowest BCUT2D eigenvalue weighted by Crippen LogP contribution is -2.33. The minimum atomic E-state index is -0.257. The molecule has 2 atom stereocenters. The van der Waals surface area contributed by atoms with E-state index in [9.17, 15) is 4.79 Å². The van der Waals surface area contributed by atoms with Crippen LogP contribution in [0.25, 0.3) is 0 Å². The molecule has 0 radical (unpaired) electrons. The van der Waals surface area contributed by atoms with E-state index in [1.54, 1.807) is 4.68 Å². The van der Waals surface area contributed by atoms with Gasteiger partial charge in [-0.15, -0.1) is 0 Å². The predicted octanol–water partition coefficient (Wildman–Crippen LogP) is 3.20. The summed E-state index contributed by atoms with van der Waals surface area (Å²) in [6.45, 7) is 2.09. The molecule has 6 heteroatoms. The number of hydrogen-bond donors (Lipinski definition) is 1. The molecule has 2 aliphatic rings. The van der Waals surface area contributed by atoms with Crippen LogP contribution in [-0.2, 0) is 4.79 Å². The van der Waals surface area contributed by atoms with Gasteiger partial charge in [-0.3, -0.25) is 4.79 Å². The van der Waals surface area contributed by atoms with Crippen LogP contribution in [0.5, 0.6) is 0 Å². The minimum absolute atomic E-state index is 0.173. The first-order valence-electron chi connectivity index (χ1n) is 7.31. The molecule has 0 unspecified atom stereocenters. The summed E-state index contributed by atoms with van der Waals surface area (Å²) >= 11 is 6.14. The fraction of sp³-hybridized carbons (Fsp3) is 0.312. The Balaban J connectivity index is 1.92. The predicted molar refractivity (Wildman–Crippen MR) is 83.7 cm³/mol. The highest BCUT2D eigenvalue weighted by Gasteiger charge is 2.37. The smallest absolute Gasteiger partial charge is 0.226 e. The van der Waals surface area contributed by atoms with Crippen molar-refractivity contribution in [1.82, 2.24) is 14.8 Å². The standard InChI is InChI=1S/C16H15ClN4O/c1-9-5-12-14(13(22)6-9)15(10-3-2-4-11(17)7-10)21-16(20-12)18-8-19-21/h2-4,7-9,15H,5-6H2,1H3,(H,18,19,20)/t9-,15-/m0/s1. The van der Waals surface area contributed by atoms with Crippen LogP contribution in [0.1, 0.15) is 31.4 Å². The molecule has 1 aromatic carbocycles. The van der Waals surface area contributed by atoms with Gasteiger partial charge in [-0.05, 0) is 30.0 Å². The summed E-state index contributed by atoms with van der Waals surface area (Å²) in [5.41, 5.74) is 2.71. The summed E-state index contributed by atoms with van der Waals surface area (Å²) in [4.78, 5) is 16.9. The first-order valence-corrected chi connectivity index (χ1v) is 7.69. The second kappa shape index (κ2) is 4.95. The molecule has 0 amide bonds. The maximum Gasteiger partial charge on any atom is 0.226 e. The summed E-state index contributed by atoms with van der Waals surface area (Å²) in [6, 6.07) is 7.33. The Morgan fingerprint density at radius 1 is 1.36 bits per heavy atom. The molecule has 0 bridgehead atoms. The second-order valence-electron chi connectivity index (χ2n) is 5.94. The summed E-state index contributed by atoms with van der Waals surface area (Å²) in [7, 11) is 0. The van der Waals surface area contributed by atoms with Gasteiger partial charge >= 0.3 is 0 Å². The van der Waals surface area contributed by atoms with Gasteiger partial charge < -0.3 is 5.32 Å². The Kier molecular flexibility index (Phi) is 3.04. The van der Waals surface area contributed by atoms with E-state index in [1.807, 2.05) is 24.3 Å². The van der Waals surface area contributed by atoms with Gasteiger partial charge in [0.1, 0.15) is 12.4 Å². The number of halogens is 1. The number of allylic oxidation sites excluding steroid dienone is 2. The van der Waals surface area contributed by atoms with E-state index in [-0.39, 0.29) is 11.8 Å². The number of ketones is 1. The van der Waals surface area contributed by atoms with Gasteiger partial charge in [-0.1, -0.05) is 30.7 Å². The third-order valence-corrected chi connectivity index (χ3v) is 4.47. The fourth-order valence-electron chi connectivity index (χ4n) is 3.33. The van der Waals surface area contributed by atoms with Crippen molar-refractivity contribution in [3.63, 3.8) is 0 Å². The molecule has 5 nitrogen and oxygen atoms in total. The zero-order chi connectivity index (χ0) is 15.3. The average Bonchev–Trinajstić information content (AvgIpc) is 2.92. The Labute approximate surface area is 133 Å². The van der Waals surface area contributed by atoms with Crippen molar-refractivity contribution in [2.45, 2.75) is 25.8 Å². The highest BCUT2D eigenvalue weighted by molar-refractivity contribution is 6.30. The monoisotopic (exact) mass is 314 g/mol. The van der Waals surface area contributed by atoms with Gasteiger partial charge in [0.25, 0.3) is 0 Å². The average molecular weight is 315 g/mol. The van der Waals surface area contributed by atoms with Gasteiger partial charge in [0.15, 0.2) is 5.78 Å².